The van der Waals surface area contributed by atoms with E-state index in [2.05, 4.69) is 17.1 Å². The highest BCUT2D eigenvalue weighted by Crippen LogP contribution is 2.18. The highest BCUT2D eigenvalue weighted by molar-refractivity contribution is 5.81. The number of fused-ring (bicyclic) bond motifs is 1. The maximum Gasteiger partial charge on any atom is 0.123 e. The predicted octanol–water partition coefficient (Wildman–Crippen LogP) is 4.16. The van der Waals surface area contributed by atoms with Gasteiger partial charge in [-0.25, -0.2) is 4.39 Å². The fourth-order valence-electron chi connectivity index (χ4n) is 2.30. The summed E-state index contributed by atoms with van der Waals surface area (Å²) in [6, 6.07) is 16.9. The van der Waals surface area contributed by atoms with Gasteiger partial charge in [-0.05, 0) is 48.2 Å². The Morgan fingerprint density at radius 2 is 1.63 bits per heavy atom. The van der Waals surface area contributed by atoms with Gasteiger partial charge in [-0.3, -0.25) is 4.98 Å². The van der Waals surface area contributed by atoms with Gasteiger partial charge in [0, 0.05) is 11.6 Å². The van der Waals surface area contributed by atoms with Gasteiger partial charge in [0.2, 0.25) is 0 Å². The molecule has 1 heterocycles. The number of nitrogens with zero attached hydrogens (tertiary/aromatic N) is 1. The molecule has 0 unspecified atom stereocenters. The summed E-state index contributed by atoms with van der Waals surface area (Å²) in [5.74, 6) is -0.182. The van der Waals surface area contributed by atoms with Crippen molar-refractivity contribution in [3.8, 4) is 0 Å². The van der Waals surface area contributed by atoms with Gasteiger partial charge in [-0.2, -0.15) is 0 Å². The Morgan fingerprint density at radius 3 is 2.47 bits per heavy atom. The van der Waals surface area contributed by atoms with E-state index in [1.165, 1.54) is 23.1 Å². The van der Waals surface area contributed by atoms with Crippen molar-refractivity contribution in [1.82, 2.24) is 4.98 Å². The maximum absolute atomic E-state index is 12.8. The molecule has 0 bridgehead atoms. The Labute approximate surface area is 111 Å². The molecule has 19 heavy (non-hydrogen) atoms. The van der Waals surface area contributed by atoms with Crippen LogP contribution >= 0.6 is 0 Å². The number of pyridine rings is 1. The summed E-state index contributed by atoms with van der Waals surface area (Å²) in [4.78, 5) is 4.36. The van der Waals surface area contributed by atoms with Gasteiger partial charge in [0.15, 0.2) is 0 Å². The largest absolute Gasteiger partial charge is 0.256 e. The van der Waals surface area contributed by atoms with Gasteiger partial charge < -0.3 is 0 Å². The van der Waals surface area contributed by atoms with Crippen molar-refractivity contribution in [2.24, 2.45) is 0 Å². The van der Waals surface area contributed by atoms with Crippen molar-refractivity contribution in [2.45, 2.75) is 12.8 Å². The number of aromatic nitrogens is 1. The van der Waals surface area contributed by atoms with Gasteiger partial charge in [0.25, 0.3) is 0 Å². The summed E-state index contributed by atoms with van der Waals surface area (Å²) in [5.41, 5.74) is 3.47. The molecular weight excluding hydrogens is 237 g/mol. The lowest BCUT2D eigenvalue weighted by Gasteiger charge is -2.06. The van der Waals surface area contributed by atoms with E-state index in [1.807, 2.05) is 36.5 Å². The van der Waals surface area contributed by atoms with Crippen LogP contribution in [-0.2, 0) is 12.8 Å². The second-order valence-electron chi connectivity index (χ2n) is 4.61. The maximum atomic E-state index is 12.8. The normalized spacial score (nSPS) is 10.8. The molecule has 0 aliphatic heterocycles. The van der Waals surface area contributed by atoms with Crippen LogP contribution in [0.3, 0.4) is 0 Å². The lowest BCUT2D eigenvalue weighted by atomic mass is 10.0. The second-order valence-corrected chi connectivity index (χ2v) is 4.61. The number of benzene rings is 2. The molecule has 0 saturated carbocycles. The van der Waals surface area contributed by atoms with Crippen LogP contribution in [-0.4, -0.2) is 4.98 Å². The lowest BCUT2D eigenvalue weighted by molar-refractivity contribution is 0.627. The quantitative estimate of drug-likeness (QED) is 0.681. The molecule has 0 aliphatic carbocycles. The first-order chi connectivity index (χ1) is 9.33. The summed E-state index contributed by atoms with van der Waals surface area (Å²) in [6.45, 7) is 0. The van der Waals surface area contributed by atoms with Gasteiger partial charge in [-0.1, -0.05) is 30.3 Å². The third-order valence-corrected chi connectivity index (χ3v) is 3.34. The molecule has 0 N–H and O–H groups in total. The van der Waals surface area contributed by atoms with Crippen LogP contribution in [0, 0.1) is 5.82 Å². The summed E-state index contributed by atoms with van der Waals surface area (Å²) < 4.78 is 12.8. The average molecular weight is 251 g/mol. The van der Waals surface area contributed by atoms with E-state index in [-0.39, 0.29) is 5.82 Å². The highest BCUT2D eigenvalue weighted by Gasteiger charge is 2.02. The standard InChI is InChI=1S/C17H14FN/c18-15-9-6-13(7-10-15)5-8-14-11-12-19-17-4-2-1-3-16(14)17/h1-4,6-7,9-12H,5,8H2. The second kappa shape index (κ2) is 5.19. The molecule has 2 heteroatoms. The molecule has 94 valence electrons. The van der Waals surface area contributed by atoms with E-state index in [9.17, 15) is 4.39 Å². The van der Waals surface area contributed by atoms with Gasteiger partial charge in [-0.15, -0.1) is 0 Å². The van der Waals surface area contributed by atoms with Crippen molar-refractivity contribution < 1.29 is 4.39 Å². The minimum absolute atomic E-state index is 0.182. The highest BCUT2D eigenvalue weighted by atomic mass is 19.1. The molecule has 0 radical (unpaired) electrons. The molecule has 1 nitrogen and oxygen atoms in total. The van der Waals surface area contributed by atoms with Crippen LogP contribution < -0.4 is 0 Å². The molecule has 1 aromatic heterocycles. The number of halogens is 1. The first kappa shape index (κ1) is 11.8. The predicted molar refractivity (Wildman–Crippen MR) is 75.6 cm³/mol. The van der Waals surface area contributed by atoms with Crippen LogP contribution in [0.1, 0.15) is 11.1 Å². The molecule has 0 fully saturated rings. The molecule has 0 spiro atoms. The van der Waals surface area contributed by atoms with Gasteiger partial charge in [0.05, 0.1) is 5.52 Å². The molecule has 3 aromatic rings. The minimum Gasteiger partial charge on any atom is -0.256 e. The molecular formula is C17H14FN. The van der Waals surface area contributed by atoms with Gasteiger partial charge >= 0.3 is 0 Å². The first-order valence-electron chi connectivity index (χ1n) is 6.40. The Bertz CT molecular complexity index is 684. The summed E-state index contributed by atoms with van der Waals surface area (Å²) in [7, 11) is 0. The Balaban J connectivity index is 1.84. The average Bonchev–Trinajstić information content (AvgIpc) is 2.47. The fourth-order valence-corrected chi connectivity index (χ4v) is 2.30. The topological polar surface area (TPSA) is 12.9 Å². The Kier molecular flexibility index (Phi) is 3.23. The van der Waals surface area contributed by atoms with E-state index in [0.29, 0.717) is 0 Å². The number of rotatable bonds is 3. The van der Waals surface area contributed by atoms with Crippen molar-refractivity contribution in [2.75, 3.05) is 0 Å². The van der Waals surface area contributed by atoms with E-state index in [0.717, 1.165) is 23.9 Å². The summed E-state index contributed by atoms with van der Waals surface area (Å²) >= 11 is 0. The van der Waals surface area contributed by atoms with Crippen LogP contribution in [0.15, 0.2) is 60.8 Å². The summed E-state index contributed by atoms with van der Waals surface area (Å²) in [5, 5.41) is 1.20. The first-order valence-corrected chi connectivity index (χ1v) is 6.40. The van der Waals surface area contributed by atoms with Gasteiger partial charge in [0.1, 0.15) is 5.82 Å². The van der Waals surface area contributed by atoms with E-state index in [4.69, 9.17) is 0 Å². The number of hydrogen-bond donors (Lipinski definition) is 0. The zero-order chi connectivity index (χ0) is 13.1. The number of hydrogen-bond acceptors (Lipinski definition) is 1. The fraction of sp³-hybridized carbons (Fsp3) is 0.118. The van der Waals surface area contributed by atoms with Crippen molar-refractivity contribution in [3.63, 3.8) is 0 Å². The molecule has 3 rings (SSSR count). The summed E-state index contributed by atoms with van der Waals surface area (Å²) in [6.07, 6.45) is 3.70. The molecule has 0 amide bonds. The zero-order valence-electron chi connectivity index (χ0n) is 10.5. The number of para-hydroxylation sites is 1. The SMILES string of the molecule is Fc1ccc(CCc2ccnc3ccccc23)cc1. The smallest absolute Gasteiger partial charge is 0.123 e. The lowest BCUT2D eigenvalue weighted by Crippen LogP contribution is -1.93. The van der Waals surface area contributed by atoms with Crippen LogP contribution in [0.5, 0.6) is 0 Å². The molecule has 0 atom stereocenters. The van der Waals surface area contributed by atoms with Crippen LogP contribution in [0.4, 0.5) is 4.39 Å². The molecule has 0 aliphatic rings. The van der Waals surface area contributed by atoms with Crippen molar-refractivity contribution in [3.05, 3.63) is 77.7 Å². The number of aryl methyl sites for hydroxylation is 2. The Hall–Kier alpha value is -2.22. The Morgan fingerprint density at radius 1 is 0.842 bits per heavy atom. The molecule has 0 saturated heterocycles. The molecule has 2 aromatic carbocycles. The third kappa shape index (κ3) is 2.63. The van der Waals surface area contributed by atoms with Crippen molar-refractivity contribution >= 4 is 10.9 Å². The van der Waals surface area contributed by atoms with Crippen molar-refractivity contribution in [1.29, 1.82) is 0 Å². The van der Waals surface area contributed by atoms with E-state index < -0.39 is 0 Å². The van der Waals surface area contributed by atoms with E-state index >= 15 is 0 Å². The minimum atomic E-state index is -0.182. The zero-order valence-corrected chi connectivity index (χ0v) is 10.5. The van der Waals surface area contributed by atoms with Crippen LogP contribution in [0.2, 0.25) is 0 Å². The van der Waals surface area contributed by atoms with E-state index in [1.54, 1.807) is 0 Å². The third-order valence-electron chi connectivity index (χ3n) is 3.34. The monoisotopic (exact) mass is 251 g/mol. The van der Waals surface area contributed by atoms with Crippen LogP contribution in [0.25, 0.3) is 10.9 Å².